The van der Waals surface area contributed by atoms with E-state index in [-0.39, 0.29) is 12.5 Å². The van der Waals surface area contributed by atoms with Crippen molar-refractivity contribution < 1.29 is 4.79 Å². The highest BCUT2D eigenvalue weighted by molar-refractivity contribution is 6.35. The van der Waals surface area contributed by atoms with Crippen molar-refractivity contribution in [2.45, 2.75) is 19.9 Å². The van der Waals surface area contributed by atoms with E-state index in [1.807, 2.05) is 6.92 Å². The molecule has 1 rings (SSSR count). The van der Waals surface area contributed by atoms with Crippen LogP contribution in [-0.2, 0) is 4.79 Å². The molecule has 0 aliphatic rings. The van der Waals surface area contributed by atoms with Gasteiger partial charge in [-0.3, -0.25) is 4.79 Å². The van der Waals surface area contributed by atoms with Gasteiger partial charge in [0.05, 0.1) is 17.3 Å². The van der Waals surface area contributed by atoms with Gasteiger partial charge in [-0.25, -0.2) is 0 Å². The molecule has 1 unspecified atom stereocenters. The Morgan fingerprint density at radius 3 is 2.72 bits per heavy atom. The third kappa shape index (κ3) is 3.83. The number of carbonyl (C=O) groups excluding carboxylic acids is 1. The summed E-state index contributed by atoms with van der Waals surface area (Å²) in [6.07, 6.45) is 5.07. The summed E-state index contributed by atoms with van der Waals surface area (Å²) in [4.78, 5) is 11.6. The van der Waals surface area contributed by atoms with Crippen LogP contribution in [0.3, 0.4) is 0 Å². The highest BCUT2D eigenvalue weighted by Crippen LogP contribution is 2.29. The quantitative estimate of drug-likeness (QED) is 0.835. The van der Waals surface area contributed by atoms with Crippen molar-refractivity contribution in [1.82, 2.24) is 5.32 Å². The van der Waals surface area contributed by atoms with Crippen molar-refractivity contribution in [3.8, 4) is 12.3 Å². The molecule has 2 N–H and O–H groups in total. The number of nitrogens with one attached hydrogen (secondary N) is 2. The fourth-order valence-corrected chi connectivity index (χ4v) is 1.78. The molecule has 0 aliphatic carbocycles. The van der Waals surface area contributed by atoms with Crippen LogP contribution < -0.4 is 10.6 Å². The third-order valence-electron chi connectivity index (χ3n) is 2.38. The van der Waals surface area contributed by atoms with Gasteiger partial charge in [-0.05, 0) is 31.5 Å². The van der Waals surface area contributed by atoms with Crippen molar-refractivity contribution in [3.05, 3.63) is 27.7 Å². The first-order valence-corrected chi connectivity index (χ1v) is 6.14. The minimum atomic E-state index is -0.449. The lowest BCUT2D eigenvalue weighted by molar-refractivity contribution is -0.121. The number of hydrogen-bond acceptors (Lipinski definition) is 2. The molecular formula is C13H14Cl2N2O. The van der Waals surface area contributed by atoms with Crippen molar-refractivity contribution in [2.24, 2.45) is 0 Å². The van der Waals surface area contributed by atoms with Crippen LogP contribution >= 0.6 is 23.2 Å². The lowest BCUT2D eigenvalue weighted by Crippen LogP contribution is -2.37. The fraction of sp³-hybridized carbons (Fsp3) is 0.308. The Hall–Kier alpha value is -1.37. The van der Waals surface area contributed by atoms with Crippen LogP contribution in [0.1, 0.15) is 12.5 Å². The summed E-state index contributed by atoms with van der Waals surface area (Å²) in [6, 6.07) is 3.00. The van der Waals surface area contributed by atoms with Crippen LogP contribution in [-0.4, -0.2) is 18.5 Å². The van der Waals surface area contributed by atoms with Crippen molar-refractivity contribution in [3.63, 3.8) is 0 Å². The van der Waals surface area contributed by atoms with Gasteiger partial charge < -0.3 is 10.6 Å². The van der Waals surface area contributed by atoms with E-state index in [1.165, 1.54) is 0 Å². The molecule has 0 aliphatic heterocycles. The highest BCUT2D eigenvalue weighted by atomic mass is 35.5. The normalized spacial score (nSPS) is 11.5. The van der Waals surface area contributed by atoms with E-state index in [1.54, 1.807) is 19.1 Å². The summed E-state index contributed by atoms with van der Waals surface area (Å²) in [7, 11) is 0. The summed E-state index contributed by atoms with van der Waals surface area (Å²) in [6.45, 7) is 3.78. The second kappa shape index (κ2) is 6.53. The molecular weight excluding hydrogens is 271 g/mol. The number of anilines is 1. The Labute approximate surface area is 117 Å². The standard InChI is InChI=1S/C13H14Cl2N2O/c1-4-5-16-13(18)9(3)17-12-7-10(14)8(2)6-11(12)15/h1,6-7,9,17H,5H2,2-3H3,(H,16,18). The molecule has 0 fully saturated rings. The molecule has 1 amide bonds. The highest BCUT2D eigenvalue weighted by Gasteiger charge is 2.14. The third-order valence-corrected chi connectivity index (χ3v) is 3.10. The minimum Gasteiger partial charge on any atom is -0.373 e. The topological polar surface area (TPSA) is 41.1 Å². The molecule has 1 atom stereocenters. The molecule has 5 heteroatoms. The van der Waals surface area contributed by atoms with Crippen molar-refractivity contribution >= 4 is 34.8 Å². The summed E-state index contributed by atoms with van der Waals surface area (Å²) < 4.78 is 0. The number of rotatable bonds is 4. The van der Waals surface area contributed by atoms with E-state index in [9.17, 15) is 4.79 Å². The van der Waals surface area contributed by atoms with Crippen LogP contribution in [0.5, 0.6) is 0 Å². The van der Waals surface area contributed by atoms with Gasteiger partial charge >= 0.3 is 0 Å². The number of terminal acetylenes is 1. The Balaban J connectivity index is 2.76. The van der Waals surface area contributed by atoms with E-state index in [0.717, 1.165) is 5.56 Å². The van der Waals surface area contributed by atoms with E-state index < -0.39 is 6.04 Å². The van der Waals surface area contributed by atoms with Gasteiger partial charge in [-0.1, -0.05) is 29.1 Å². The summed E-state index contributed by atoms with van der Waals surface area (Å²) in [5.74, 6) is 2.14. The maximum atomic E-state index is 11.6. The molecule has 1 aromatic rings. The van der Waals surface area contributed by atoms with E-state index >= 15 is 0 Å². The van der Waals surface area contributed by atoms with Gasteiger partial charge in [-0.15, -0.1) is 6.42 Å². The van der Waals surface area contributed by atoms with Gasteiger partial charge in [0.25, 0.3) is 0 Å². The SMILES string of the molecule is C#CCNC(=O)C(C)Nc1cc(Cl)c(C)cc1Cl. The number of aryl methyl sites for hydroxylation is 1. The maximum absolute atomic E-state index is 11.6. The van der Waals surface area contributed by atoms with E-state index in [2.05, 4.69) is 16.6 Å². The van der Waals surface area contributed by atoms with Crippen molar-refractivity contribution in [1.29, 1.82) is 0 Å². The zero-order chi connectivity index (χ0) is 13.7. The van der Waals surface area contributed by atoms with Gasteiger partial charge in [-0.2, -0.15) is 0 Å². The van der Waals surface area contributed by atoms with Crippen LogP contribution in [0.4, 0.5) is 5.69 Å². The molecule has 0 bridgehead atoms. The second-order valence-electron chi connectivity index (χ2n) is 3.87. The number of amides is 1. The van der Waals surface area contributed by atoms with E-state index in [4.69, 9.17) is 29.6 Å². The number of benzene rings is 1. The number of halogens is 2. The van der Waals surface area contributed by atoms with Crippen LogP contribution in [0.2, 0.25) is 10.0 Å². The molecule has 0 saturated heterocycles. The van der Waals surface area contributed by atoms with E-state index in [0.29, 0.717) is 15.7 Å². The monoisotopic (exact) mass is 284 g/mol. The van der Waals surface area contributed by atoms with Crippen LogP contribution in [0, 0.1) is 19.3 Å². The number of carbonyl (C=O) groups is 1. The van der Waals surface area contributed by atoms with Gasteiger partial charge in [0.2, 0.25) is 5.91 Å². The van der Waals surface area contributed by atoms with Gasteiger partial charge in [0, 0.05) is 5.02 Å². The lowest BCUT2D eigenvalue weighted by atomic mass is 10.2. The first kappa shape index (κ1) is 14.7. The smallest absolute Gasteiger partial charge is 0.242 e. The molecule has 0 saturated carbocycles. The first-order valence-electron chi connectivity index (χ1n) is 5.39. The zero-order valence-electron chi connectivity index (χ0n) is 10.2. The number of hydrogen-bond donors (Lipinski definition) is 2. The molecule has 0 heterocycles. The second-order valence-corrected chi connectivity index (χ2v) is 4.68. The Morgan fingerprint density at radius 1 is 1.44 bits per heavy atom. The van der Waals surface area contributed by atoms with Crippen LogP contribution in [0.25, 0.3) is 0 Å². The molecule has 0 radical (unpaired) electrons. The Morgan fingerprint density at radius 2 is 2.11 bits per heavy atom. The largest absolute Gasteiger partial charge is 0.373 e. The molecule has 3 nitrogen and oxygen atoms in total. The molecule has 96 valence electrons. The lowest BCUT2D eigenvalue weighted by Gasteiger charge is -2.16. The zero-order valence-corrected chi connectivity index (χ0v) is 11.7. The average Bonchev–Trinajstić information content (AvgIpc) is 2.32. The summed E-state index contributed by atoms with van der Waals surface area (Å²) >= 11 is 12.1. The minimum absolute atomic E-state index is 0.194. The Kier molecular flexibility index (Phi) is 5.33. The summed E-state index contributed by atoms with van der Waals surface area (Å²) in [5, 5.41) is 6.69. The molecule has 1 aromatic carbocycles. The Bertz CT molecular complexity index is 494. The van der Waals surface area contributed by atoms with Crippen LogP contribution in [0.15, 0.2) is 12.1 Å². The predicted molar refractivity (Wildman–Crippen MR) is 76.1 cm³/mol. The summed E-state index contributed by atoms with van der Waals surface area (Å²) in [5.41, 5.74) is 1.51. The molecule has 18 heavy (non-hydrogen) atoms. The molecule has 0 spiro atoms. The fourth-order valence-electron chi connectivity index (χ4n) is 1.35. The van der Waals surface area contributed by atoms with Crippen molar-refractivity contribution in [2.75, 3.05) is 11.9 Å². The average molecular weight is 285 g/mol. The van der Waals surface area contributed by atoms with Gasteiger partial charge in [0.1, 0.15) is 6.04 Å². The predicted octanol–water partition coefficient (Wildman–Crippen LogP) is 2.85. The first-order chi connectivity index (χ1) is 8.45. The molecule has 0 aromatic heterocycles. The van der Waals surface area contributed by atoms with Gasteiger partial charge in [0.15, 0.2) is 0 Å². The maximum Gasteiger partial charge on any atom is 0.242 e.